The van der Waals surface area contributed by atoms with E-state index in [1.165, 1.54) is 17.5 Å². The lowest BCUT2D eigenvalue weighted by Crippen LogP contribution is -2.42. The topological polar surface area (TPSA) is 46.5 Å². The molecule has 0 bridgehead atoms. The lowest BCUT2D eigenvalue weighted by Gasteiger charge is -2.48. The van der Waals surface area contributed by atoms with Gasteiger partial charge in [0, 0.05) is 11.8 Å². The van der Waals surface area contributed by atoms with Gasteiger partial charge in [-0.2, -0.15) is 0 Å². The van der Waals surface area contributed by atoms with Crippen LogP contribution in [0.3, 0.4) is 0 Å². The molecule has 3 aliphatic carbocycles. The molecule has 3 aliphatic rings. The van der Waals surface area contributed by atoms with Gasteiger partial charge >= 0.3 is 0 Å². The summed E-state index contributed by atoms with van der Waals surface area (Å²) in [5.41, 5.74) is 2.85. The summed E-state index contributed by atoms with van der Waals surface area (Å²) in [6.45, 7) is 4.31. The van der Waals surface area contributed by atoms with Crippen molar-refractivity contribution in [2.24, 2.45) is 17.3 Å². The van der Waals surface area contributed by atoms with Crippen molar-refractivity contribution in [1.82, 2.24) is 0 Å². The third-order valence-corrected chi connectivity index (χ3v) is 6.90. The highest BCUT2D eigenvalue weighted by atomic mass is 16.5. The highest BCUT2D eigenvalue weighted by Gasteiger charge is 2.54. The second-order valence-electron chi connectivity index (χ2n) is 8.35. The SMILES string of the molecule is CC(O)COc1ccc2c(c1)CC[C@@H]1[C@@H]2CC[C@]2(C)C(=O)CC[C@@H]12. The van der Waals surface area contributed by atoms with Gasteiger partial charge in [0.25, 0.3) is 0 Å². The molecule has 0 saturated heterocycles. The number of aliphatic hydroxyl groups is 1. The largest absolute Gasteiger partial charge is 0.491 e. The highest BCUT2D eigenvalue weighted by molar-refractivity contribution is 5.87. The van der Waals surface area contributed by atoms with Crippen molar-refractivity contribution in [2.75, 3.05) is 6.61 Å². The van der Waals surface area contributed by atoms with Crippen LogP contribution in [0.15, 0.2) is 18.2 Å². The maximum atomic E-state index is 12.4. The average Bonchev–Trinajstić information content (AvgIpc) is 2.88. The summed E-state index contributed by atoms with van der Waals surface area (Å²) in [6, 6.07) is 6.46. The molecule has 5 atom stereocenters. The lowest BCUT2D eigenvalue weighted by atomic mass is 9.55. The molecule has 1 N–H and O–H groups in total. The van der Waals surface area contributed by atoms with Crippen LogP contribution in [0.5, 0.6) is 5.75 Å². The van der Waals surface area contributed by atoms with Gasteiger partial charge in [0.05, 0.1) is 6.10 Å². The number of carbonyl (C=O) groups is 1. The fourth-order valence-corrected chi connectivity index (χ4v) is 5.64. The number of ether oxygens (including phenoxy) is 1. The van der Waals surface area contributed by atoms with Gasteiger partial charge in [0.15, 0.2) is 0 Å². The van der Waals surface area contributed by atoms with Gasteiger partial charge in [-0.05, 0) is 80.0 Å². The molecule has 1 aromatic rings. The Morgan fingerprint density at radius 2 is 2.12 bits per heavy atom. The van der Waals surface area contributed by atoms with Crippen LogP contribution in [0, 0.1) is 17.3 Å². The Morgan fingerprint density at radius 1 is 1.29 bits per heavy atom. The summed E-state index contributed by atoms with van der Waals surface area (Å²) in [6.07, 6.45) is 5.93. The lowest BCUT2D eigenvalue weighted by molar-refractivity contribution is -0.129. The standard InChI is InChI=1S/C21H28O3/c1-13(22)12-24-15-4-6-16-14(11-15)3-5-18-17(16)9-10-21(2)19(18)7-8-20(21)23/h4,6,11,13,17-19,22H,3,5,7-10,12H2,1-2H3/t13?,17-,18-,19+,21+/m1/s1. The first kappa shape index (κ1) is 16.1. The molecule has 1 unspecified atom stereocenters. The van der Waals surface area contributed by atoms with Crippen LogP contribution >= 0.6 is 0 Å². The molecule has 0 aromatic heterocycles. The molecule has 2 saturated carbocycles. The maximum Gasteiger partial charge on any atom is 0.139 e. The van der Waals surface area contributed by atoms with Gasteiger partial charge in [-0.1, -0.05) is 13.0 Å². The van der Waals surface area contributed by atoms with Crippen LogP contribution in [0.1, 0.15) is 63.0 Å². The van der Waals surface area contributed by atoms with Crippen molar-refractivity contribution in [3.8, 4) is 5.75 Å². The number of aryl methyl sites for hydroxylation is 1. The molecule has 0 spiro atoms. The number of hydrogen-bond donors (Lipinski definition) is 1. The van der Waals surface area contributed by atoms with E-state index in [-0.39, 0.29) is 5.41 Å². The Morgan fingerprint density at radius 3 is 2.92 bits per heavy atom. The summed E-state index contributed by atoms with van der Waals surface area (Å²) in [5, 5.41) is 9.39. The Labute approximate surface area is 144 Å². The average molecular weight is 328 g/mol. The molecule has 3 heteroatoms. The van der Waals surface area contributed by atoms with Gasteiger partial charge in [-0.25, -0.2) is 0 Å². The number of rotatable bonds is 3. The summed E-state index contributed by atoms with van der Waals surface area (Å²) in [4.78, 5) is 12.4. The Kier molecular flexibility index (Phi) is 3.95. The van der Waals surface area contributed by atoms with E-state index in [2.05, 4.69) is 25.1 Å². The number of benzene rings is 1. The number of carbonyl (C=O) groups excluding carboxylic acids is 1. The van der Waals surface area contributed by atoms with E-state index in [9.17, 15) is 9.90 Å². The van der Waals surface area contributed by atoms with Crippen LogP contribution in [0.25, 0.3) is 0 Å². The predicted molar refractivity (Wildman–Crippen MR) is 93.2 cm³/mol. The van der Waals surface area contributed by atoms with Crippen molar-refractivity contribution < 1.29 is 14.6 Å². The van der Waals surface area contributed by atoms with Gasteiger partial charge in [0.1, 0.15) is 18.1 Å². The molecule has 24 heavy (non-hydrogen) atoms. The molecular formula is C21H28O3. The number of aliphatic hydroxyl groups excluding tert-OH is 1. The fraction of sp³-hybridized carbons (Fsp3) is 0.667. The number of Topliss-reactive ketones (excluding diaryl/α,β-unsaturated/α-hetero) is 1. The van der Waals surface area contributed by atoms with Crippen LogP contribution in [0.2, 0.25) is 0 Å². The Hall–Kier alpha value is -1.35. The molecule has 0 aliphatic heterocycles. The molecule has 0 radical (unpaired) electrons. The van der Waals surface area contributed by atoms with E-state index >= 15 is 0 Å². The smallest absolute Gasteiger partial charge is 0.139 e. The van der Waals surface area contributed by atoms with Crippen LogP contribution in [0.4, 0.5) is 0 Å². The first-order chi connectivity index (χ1) is 11.5. The molecule has 130 valence electrons. The molecule has 2 fully saturated rings. The molecule has 4 rings (SSSR count). The van der Waals surface area contributed by atoms with E-state index < -0.39 is 6.10 Å². The maximum absolute atomic E-state index is 12.4. The van der Waals surface area contributed by atoms with Gasteiger partial charge < -0.3 is 9.84 Å². The van der Waals surface area contributed by atoms with Crippen molar-refractivity contribution in [1.29, 1.82) is 0 Å². The molecule has 3 nitrogen and oxygen atoms in total. The van der Waals surface area contributed by atoms with E-state index in [1.54, 1.807) is 6.92 Å². The predicted octanol–water partition coefficient (Wildman–Crippen LogP) is 3.87. The quantitative estimate of drug-likeness (QED) is 0.916. The zero-order valence-electron chi connectivity index (χ0n) is 14.8. The Bertz CT molecular complexity index is 650. The zero-order chi connectivity index (χ0) is 16.9. The molecule has 0 heterocycles. The second-order valence-corrected chi connectivity index (χ2v) is 8.35. The monoisotopic (exact) mass is 328 g/mol. The highest BCUT2D eigenvalue weighted by Crippen LogP contribution is 2.59. The van der Waals surface area contributed by atoms with E-state index in [1.807, 2.05) is 0 Å². The van der Waals surface area contributed by atoms with Crippen LogP contribution in [-0.2, 0) is 11.2 Å². The normalized spacial score (nSPS) is 35.8. The second kappa shape index (κ2) is 5.87. The van der Waals surface area contributed by atoms with Crippen molar-refractivity contribution in [3.63, 3.8) is 0 Å². The first-order valence-corrected chi connectivity index (χ1v) is 9.46. The van der Waals surface area contributed by atoms with Crippen LogP contribution in [-0.4, -0.2) is 23.6 Å². The summed E-state index contributed by atoms with van der Waals surface area (Å²) >= 11 is 0. The third kappa shape index (κ3) is 2.48. The van der Waals surface area contributed by atoms with Crippen LogP contribution < -0.4 is 4.74 Å². The minimum absolute atomic E-state index is 0.0427. The van der Waals surface area contributed by atoms with Crippen molar-refractivity contribution >= 4 is 5.78 Å². The fourth-order valence-electron chi connectivity index (χ4n) is 5.64. The van der Waals surface area contributed by atoms with Gasteiger partial charge in [0.2, 0.25) is 0 Å². The summed E-state index contributed by atoms with van der Waals surface area (Å²) < 4.78 is 5.67. The number of ketones is 1. The summed E-state index contributed by atoms with van der Waals surface area (Å²) in [7, 11) is 0. The molecule has 0 amide bonds. The van der Waals surface area contributed by atoms with Crippen molar-refractivity contribution in [2.45, 2.75) is 64.4 Å². The van der Waals surface area contributed by atoms with Crippen molar-refractivity contribution in [3.05, 3.63) is 29.3 Å². The van der Waals surface area contributed by atoms with E-state index in [0.717, 1.165) is 37.9 Å². The number of fused-ring (bicyclic) bond motifs is 5. The number of hydrogen-bond acceptors (Lipinski definition) is 3. The summed E-state index contributed by atoms with van der Waals surface area (Å²) in [5.74, 6) is 3.25. The van der Waals surface area contributed by atoms with Gasteiger partial charge in [-0.15, -0.1) is 0 Å². The minimum Gasteiger partial charge on any atom is -0.491 e. The third-order valence-electron chi connectivity index (χ3n) is 6.90. The van der Waals surface area contributed by atoms with E-state index in [4.69, 9.17) is 4.74 Å². The Balaban J connectivity index is 1.58. The molecule has 1 aromatic carbocycles. The first-order valence-electron chi connectivity index (χ1n) is 9.46. The zero-order valence-corrected chi connectivity index (χ0v) is 14.8. The van der Waals surface area contributed by atoms with E-state index in [0.29, 0.717) is 30.1 Å². The minimum atomic E-state index is -0.443. The molecular weight excluding hydrogens is 300 g/mol. The van der Waals surface area contributed by atoms with Gasteiger partial charge in [-0.3, -0.25) is 4.79 Å².